The zero-order valence-corrected chi connectivity index (χ0v) is 18.9. The van der Waals surface area contributed by atoms with E-state index in [1.165, 1.54) is 30.3 Å². The molecule has 0 aromatic heterocycles. The highest BCUT2D eigenvalue weighted by molar-refractivity contribution is 5.79. The molecule has 1 heterocycles. The first-order valence-corrected chi connectivity index (χ1v) is 11.4. The van der Waals surface area contributed by atoms with E-state index < -0.39 is 18.0 Å². The van der Waals surface area contributed by atoms with E-state index in [1.54, 1.807) is 11.0 Å². The van der Waals surface area contributed by atoms with E-state index in [1.807, 2.05) is 13.8 Å². The van der Waals surface area contributed by atoms with Gasteiger partial charge in [-0.15, -0.1) is 0 Å². The molecular weight excluding hydrogens is 416 g/mol. The van der Waals surface area contributed by atoms with Crippen LogP contribution in [0, 0.1) is 11.8 Å². The van der Waals surface area contributed by atoms with Gasteiger partial charge in [0, 0.05) is 18.5 Å². The lowest BCUT2D eigenvalue weighted by atomic mass is 9.92. The second kappa shape index (κ2) is 12.1. The first-order chi connectivity index (χ1) is 15.1. The fourth-order valence-electron chi connectivity index (χ4n) is 4.19. The molecule has 0 aliphatic carbocycles. The van der Waals surface area contributed by atoms with Crippen LogP contribution < -0.4 is 0 Å². The summed E-state index contributed by atoms with van der Waals surface area (Å²) in [5.74, 6) is -4.21. The Kier molecular flexibility index (Phi) is 9.82. The van der Waals surface area contributed by atoms with Crippen LogP contribution in [0.3, 0.4) is 0 Å². The van der Waals surface area contributed by atoms with Crippen LogP contribution in [0.2, 0.25) is 0 Å². The number of carboxylic acid groups (broad SMARTS) is 1. The van der Waals surface area contributed by atoms with Gasteiger partial charge in [0.15, 0.2) is 0 Å². The molecule has 1 saturated heterocycles. The van der Waals surface area contributed by atoms with Crippen molar-refractivity contribution in [3.63, 3.8) is 0 Å². The summed E-state index contributed by atoms with van der Waals surface area (Å²) in [7, 11) is 0. The van der Waals surface area contributed by atoms with Crippen molar-refractivity contribution in [1.29, 1.82) is 0 Å². The van der Waals surface area contributed by atoms with Crippen molar-refractivity contribution in [1.82, 2.24) is 4.90 Å². The molecule has 3 atom stereocenters. The number of hydrogen-bond acceptors (Lipinski definition) is 3. The summed E-state index contributed by atoms with van der Waals surface area (Å²) < 4.78 is 28.9. The summed E-state index contributed by atoms with van der Waals surface area (Å²) in [6.07, 6.45) is 5.09. The molecule has 2 rings (SSSR count). The third-order valence-corrected chi connectivity index (χ3v) is 5.98. The largest absolute Gasteiger partial charge is 0.481 e. The molecule has 0 radical (unpaired) electrons. The standard InChI is InChI=1S/C25H35F2NO4/c1-18(2)17-19(24(31)32)9-5-4-8-16-28-21(13-15-23(28)30)12-14-22(29)25(26,27)20-10-6-3-7-11-20/h3,6-7,10-12,14,18-19,21-22,29H,4-5,8-9,13,15-17H2,1-2H3,(H,31,32)/b14-12+/t19?,21-,22+/m0/s1. The van der Waals surface area contributed by atoms with Crippen molar-refractivity contribution in [2.75, 3.05) is 6.54 Å². The van der Waals surface area contributed by atoms with E-state index in [2.05, 4.69) is 0 Å². The van der Waals surface area contributed by atoms with Gasteiger partial charge in [0.1, 0.15) is 6.10 Å². The number of nitrogens with zero attached hydrogens (tertiary/aromatic N) is 1. The Hall–Kier alpha value is -2.28. The van der Waals surface area contributed by atoms with Crippen molar-refractivity contribution < 1.29 is 28.6 Å². The topological polar surface area (TPSA) is 77.8 Å². The number of likely N-dealkylation sites (tertiary alicyclic amines) is 1. The molecule has 1 amide bonds. The minimum atomic E-state index is -3.41. The molecule has 1 fully saturated rings. The molecule has 1 aliphatic rings. The summed E-state index contributed by atoms with van der Waals surface area (Å²) in [5.41, 5.74) is -0.256. The van der Waals surface area contributed by atoms with E-state index >= 15 is 0 Å². The van der Waals surface area contributed by atoms with Crippen LogP contribution >= 0.6 is 0 Å². The molecule has 2 N–H and O–H groups in total. The number of amides is 1. The Bertz CT molecular complexity index is 766. The maximum atomic E-state index is 14.5. The third kappa shape index (κ3) is 7.40. The molecule has 0 bridgehead atoms. The Morgan fingerprint density at radius 3 is 2.53 bits per heavy atom. The molecular formula is C25H35F2NO4. The highest BCUT2D eigenvalue weighted by atomic mass is 19.3. The number of rotatable bonds is 13. The minimum absolute atomic E-state index is 0.0211. The zero-order chi connectivity index (χ0) is 23.7. The number of aliphatic carboxylic acids is 1. The van der Waals surface area contributed by atoms with Gasteiger partial charge < -0.3 is 15.1 Å². The van der Waals surface area contributed by atoms with Crippen LogP contribution in [0.25, 0.3) is 0 Å². The maximum Gasteiger partial charge on any atom is 0.306 e. The maximum absolute atomic E-state index is 14.5. The predicted molar refractivity (Wildman–Crippen MR) is 119 cm³/mol. The number of benzene rings is 1. The van der Waals surface area contributed by atoms with Crippen molar-refractivity contribution in [2.24, 2.45) is 11.8 Å². The summed E-state index contributed by atoms with van der Waals surface area (Å²) in [5, 5.41) is 19.4. The van der Waals surface area contributed by atoms with Gasteiger partial charge in [-0.25, -0.2) is 0 Å². The third-order valence-electron chi connectivity index (χ3n) is 5.98. The number of aliphatic hydroxyl groups is 1. The number of hydrogen-bond donors (Lipinski definition) is 2. The molecule has 1 aromatic carbocycles. The molecule has 0 saturated carbocycles. The average molecular weight is 452 g/mol. The first kappa shape index (κ1) is 26.0. The molecule has 1 unspecified atom stereocenters. The molecule has 178 valence electrons. The Morgan fingerprint density at radius 2 is 1.91 bits per heavy atom. The fraction of sp³-hybridized carbons (Fsp3) is 0.600. The van der Waals surface area contributed by atoms with Gasteiger partial charge in [-0.2, -0.15) is 8.78 Å². The van der Waals surface area contributed by atoms with E-state index in [0.29, 0.717) is 38.1 Å². The first-order valence-electron chi connectivity index (χ1n) is 11.4. The van der Waals surface area contributed by atoms with Crippen molar-refractivity contribution >= 4 is 11.9 Å². The van der Waals surface area contributed by atoms with Crippen molar-refractivity contribution in [3.05, 3.63) is 48.0 Å². The van der Waals surface area contributed by atoms with Crippen LogP contribution in [-0.2, 0) is 15.5 Å². The molecule has 7 heteroatoms. The van der Waals surface area contributed by atoms with Crippen LogP contribution in [0.1, 0.15) is 64.4 Å². The molecule has 1 aromatic rings. The van der Waals surface area contributed by atoms with Gasteiger partial charge in [-0.1, -0.05) is 69.2 Å². The van der Waals surface area contributed by atoms with E-state index in [-0.39, 0.29) is 23.4 Å². The number of alkyl halides is 2. The normalized spacial score (nSPS) is 19.1. The number of carbonyl (C=O) groups excluding carboxylic acids is 1. The number of aliphatic hydroxyl groups excluding tert-OH is 1. The van der Waals surface area contributed by atoms with Crippen LogP contribution in [-0.4, -0.2) is 45.7 Å². The fourth-order valence-corrected chi connectivity index (χ4v) is 4.19. The quantitative estimate of drug-likeness (QED) is 0.327. The molecule has 5 nitrogen and oxygen atoms in total. The van der Waals surface area contributed by atoms with E-state index in [0.717, 1.165) is 25.3 Å². The summed E-state index contributed by atoms with van der Waals surface area (Å²) in [6.45, 7) is 4.52. The monoisotopic (exact) mass is 451 g/mol. The SMILES string of the molecule is CC(C)CC(CCCCCN1C(=O)CC[C@@H]1/C=C/[C@@H](O)C(F)(F)c1ccccc1)C(=O)O. The average Bonchev–Trinajstić information content (AvgIpc) is 3.10. The lowest BCUT2D eigenvalue weighted by Gasteiger charge is -2.24. The summed E-state index contributed by atoms with van der Waals surface area (Å²) in [6, 6.07) is 6.88. The highest BCUT2D eigenvalue weighted by Crippen LogP contribution is 2.33. The Morgan fingerprint density at radius 1 is 1.22 bits per heavy atom. The molecule has 0 spiro atoms. The summed E-state index contributed by atoms with van der Waals surface area (Å²) in [4.78, 5) is 25.3. The smallest absolute Gasteiger partial charge is 0.306 e. The Labute approximate surface area is 189 Å². The van der Waals surface area contributed by atoms with Gasteiger partial charge in [-0.3, -0.25) is 9.59 Å². The van der Waals surface area contributed by atoms with Crippen molar-refractivity contribution in [3.8, 4) is 0 Å². The number of unbranched alkanes of at least 4 members (excludes halogenated alkanes) is 2. The minimum Gasteiger partial charge on any atom is -0.481 e. The lowest BCUT2D eigenvalue weighted by molar-refractivity contribution is -0.142. The highest BCUT2D eigenvalue weighted by Gasteiger charge is 2.39. The van der Waals surface area contributed by atoms with Crippen molar-refractivity contribution in [2.45, 2.75) is 76.9 Å². The van der Waals surface area contributed by atoms with Crippen LogP contribution in [0.5, 0.6) is 0 Å². The van der Waals surface area contributed by atoms with Gasteiger partial charge in [0.05, 0.1) is 12.0 Å². The van der Waals surface area contributed by atoms with Gasteiger partial charge in [-0.05, 0) is 31.6 Å². The number of carbonyl (C=O) groups is 2. The lowest BCUT2D eigenvalue weighted by Crippen LogP contribution is -2.34. The van der Waals surface area contributed by atoms with Crippen LogP contribution in [0.4, 0.5) is 8.78 Å². The second-order valence-corrected chi connectivity index (χ2v) is 9.03. The van der Waals surface area contributed by atoms with E-state index in [9.17, 15) is 28.6 Å². The number of carboxylic acids is 1. The molecule has 32 heavy (non-hydrogen) atoms. The number of halogens is 2. The zero-order valence-electron chi connectivity index (χ0n) is 18.9. The summed E-state index contributed by atoms with van der Waals surface area (Å²) >= 11 is 0. The molecule has 1 aliphatic heterocycles. The predicted octanol–water partition coefficient (Wildman–Crippen LogP) is 4.99. The van der Waals surface area contributed by atoms with Gasteiger partial charge >= 0.3 is 11.9 Å². The van der Waals surface area contributed by atoms with E-state index in [4.69, 9.17) is 0 Å². The van der Waals surface area contributed by atoms with Crippen LogP contribution in [0.15, 0.2) is 42.5 Å². The second-order valence-electron chi connectivity index (χ2n) is 9.03. The van der Waals surface area contributed by atoms with Gasteiger partial charge in [0.2, 0.25) is 5.91 Å². The van der Waals surface area contributed by atoms with Gasteiger partial charge in [0.25, 0.3) is 0 Å². The Balaban J connectivity index is 1.84.